The van der Waals surface area contributed by atoms with Crippen molar-refractivity contribution in [3.8, 4) is 0 Å². The topological polar surface area (TPSA) is 50.4 Å². The third-order valence-electron chi connectivity index (χ3n) is 3.63. The zero-order valence-electron chi connectivity index (χ0n) is 13.8. The minimum Gasteiger partial charge on any atom is -0.383 e. The number of hydrogen-bond acceptors (Lipinski definition) is 3. The summed E-state index contributed by atoms with van der Waals surface area (Å²) in [7, 11) is 1.67. The number of methoxy groups -OCH3 is 1. The summed E-state index contributed by atoms with van der Waals surface area (Å²) >= 11 is 0. The molecule has 2 aromatic rings. The van der Waals surface area contributed by atoms with Crippen LogP contribution in [0.4, 0.5) is 10.1 Å². The lowest BCUT2D eigenvalue weighted by molar-refractivity contribution is -0.121. The smallest absolute Gasteiger partial charge is 0.220 e. The first-order valence-corrected chi connectivity index (χ1v) is 8.00. The zero-order valence-corrected chi connectivity index (χ0v) is 13.8. The molecule has 0 aromatic heterocycles. The van der Waals surface area contributed by atoms with Gasteiger partial charge in [-0.3, -0.25) is 4.79 Å². The first-order valence-electron chi connectivity index (χ1n) is 8.00. The maximum Gasteiger partial charge on any atom is 0.220 e. The van der Waals surface area contributed by atoms with Crippen LogP contribution in [0.1, 0.15) is 17.5 Å². The molecule has 0 aliphatic rings. The Morgan fingerprint density at radius 3 is 2.38 bits per heavy atom. The Morgan fingerprint density at radius 1 is 1.04 bits per heavy atom. The summed E-state index contributed by atoms with van der Waals surface area (Å²) in [5.74, 6) is -0.273. The van der Waals surface area contributed by atoms with Crippen LogP contribution < -0.4 is 10.6 Å². The second-order valence-corrected chi connectivity index (χ2v) is 5.52. The van der Waals surface area contributed by atoms with Crippen LogP contribution in [-0.4, -0.2) is 26.2 Å². The van der Waals surface area contributed by atoms with Crippen LogP contribution in [0.3, 0.4) is 0 Å². The fourth-order valence-corrected chi connectivity index (χ4v) is 2.24. The van der Waals surface area contributed by atoms with Crippen molar-refractivity contribution in [2.45, 2.75) is 19.4 Å². The molecule has 24 heavy (non-hydrogen) atoms. The number of carbonyl (C=O) groups excluding carboxylic acids is 1. The predicted molar refractivity (Wildman–Crippen MR) is 93.4 cm³/mol. The molecule has 5 heteroatoms. The Labute approximate surface area is 142 Å². The van der Waals surface area contributed by atoms with E-state index >= 15 is 0 Å². The van der Waals surface area contributed by atoms with Gasteiger partial charge >= 0.3 is 0 Å². The van der Waals surface area contributed by atoms with E-state index in [0.29, 0.717) is 26.0 Å². The molecular formula is C19H23FN2O2. The molecule has 0 spiro atoms. The second kappa shape index (κ2) is 9.67. The van der Waals surface area contributed by atoms with Crippen molar-refractivity contribution >= 4 is 11.6 Å². The molecule has 2 rings (SSSR count). The number of nitrogens with one attached hydrogen (secondary N) is 2. The highest BCUT2D eigenvalue weighted by atomic mass is 19.1. The monoisotopic (exact) mass is 330 g/mol. The molecule has 0 heterocycles. The molecule has 0 bridgehead atoms. The van der Waals surface area contributed by atoms with Crippen LogP contribution >= 0.6 is 0 Å². The van der Waals surface area contributed by atoms with E-state index in [1.165, 1.54) is 12.1 Å². The van der Waals surface area contributed by atoms with Crippen molar-refractivity contribution in [3.63, 3.8) is 0 Å². The minimum absolute atomic E-state index is 0.0124. The van der Waals surface area contributed by atoms with E-state index in [0.717, 1.165) is 23.4 Å². The van der Waals surface area contributed by atoms with Gasteiger partial charge in [0.15, 0.2) is 0 Å². The number of aryl methyl sites for hydroxylation is 1. The molecule has 1 amide bonds. The number of anilines is 1. The van der Waals surface area contributed by atoms with Gasteiger partial charge in [0.2, 0.25) is 5.91 Å². The molecule has 0 fully saturated rings. The Morgan fingerprint density at radius 2 is 1.71 bits per heavy atom. The third-order valence-corrected chi connectivity index (χ3v) is 3.63. The summed E-state index contributed by atoms with van der Waals surface area (Å²) < 4.78 is 17.8. The van der Waals surface area contributed by atoms with E-state index in [1.807, 2.05) is 24.3 Å². The molecular weight excluding hydrogens is 307 g/mol. The van der Waals surface area contributed by atoms with Crippen LogP contribution in [-0.2, 0) is 22.5 Å². The molecule has 0 saturated carbocycles. The van der Waals surface area contributed by atoms with Crippen molar-refractivity contribution in [1.82, 2.24) is 5.32 Å². The summed E-state index contributed by atoms with van der Waals surface area (Å²) in [4.78, 5) is 11.9. The average Bonchev–Trinajstić information content (AvgIpc) is 2.61. The van der Waals surface area contributed by atoms with E-state index in [1.54, 1.807) is 19.2 Å². The lowest BCUT2D eigenvalue weighted by Crippen LogP contribution is -2.23. The maximum atomic E-state index is 12.8. The first-order chi connectivity index (χ1) is 11.7. The highest BCUT2D eigenvalue weighted by Crippen LogP contribution is 2.09. The Kier molecular flexibility index (Phi) is 7.23. The number of carbonyl (C=O) groups is 1. The summed E-state index contributed by atoms with van der Waals surface area (Å²) in [6.07, 6.45) is 0.997. The van der Waals surface area contributed by atoms with Crippen molar-refractivity contribution in [3.05, 3.63) is 65.5 Å². The van der Waals surface area contributed by atoms with Gasteiger partial charge in [0.05, 0.1) is 6.61 Å². The van der Waals surface area contributed by atoms with E-state index in [4.69, 9.17) is 4.74 Å². The Hall–Kier alpha value is -2.40. The summed E-state index contributed by atoms with van der Waals surface area (Å²) in [6, 6.07) is 14.2. The quantitative estimate of drug-likeness (QED) is 0.695. The van der Waals surface area contributed by atoms with Gasteiger partial charge in [-0.15, -0.1) is 0 Å². The molecule has 0 radical (unpaired) electrons. The van der Waals surface area contributed by atoms with E-state index in [9.17, 15) is 9.18 Å². The molecule has 2 N–H and O–H groups in total. The van der Waals surface area contributed by atoms with Crippen molar-refractivity contribution in [2.24, 2.45) is 0 Å². The van der Waals surface area contributed by atoms with Crippen LogP contribution in [0.2, 0.25) is 0 Å². The molecule has 0 atom stereocenters. The van der Waals surface area contributed by atoms with Gasteiger partial charge in [-0.1, -0.05) is 24.3 Å². The number of benzene rings is 2. The SMILES string of the molecule is COCCNc1ccc(CNC(=O)CCc2ccc(F)cc2)cc1. The maximum absolute atomic E-state index is 12.8. The van der Waals surface area contributed by atoms with Gasteiger partial charge in [-0.05, 0) is 41.8 Å². The number of ether oxygens (including phenoxy) is 1. The average molecular weight is 330 g/mol. The van der Waals surface area contributed by atoms with Gasteiger partial charge in [-0.25, -0.2) is 4.39 Å². The second-order valence-electron chi connectivity index (χ2n) is 5.52. The number of hydrogen-bond donors (Lipinski definition) is 2. The van der Waals surface area contributed by atoms with Crippen molar-refractivity contribution in [1.29, 1.82) is 0 Å². The number of halogens is 1. The Bertz CT molecular complexity index is 627. The molecule has 2 aromatic carbocycles. The van der Waals surface area contributed by atoms with Crippen molar-refractivity contribution in [2.75, 3.05) is 25.6 Å². The molecule has 128 valence electrons. The van der Waals surface area contributed by atoms with Crippen LogP contribution in [0.25, 0.3) is 0 Å². The third kappa shape index (κ3) is 6.38. The molecule has 0 saturated heterocycles. The number of amides is 1. The lowest BCUT2D eigenvalue weighted by Gasteiger charge is -2.08. The van der Waals surface area contributed by atoms with Gasteiger partial charge in [-0.2, -0.15) is 0 Å². The fraction of sp³-hybridized carbons (Fsp3) is 0.316. The normalized spacial score (nSPS) is 10.4. The summed E-state index contributed by atoms with van der Waals surface area (Å²) in [5, 5.41) is 6.14. The van der Waals surface area contributed by atoms with E-state index in [-0.39, 0.29) is 11.7 Å². The molecule has 4 nitrogen and oxygen atoms in total. The Balaban J connectivity index is 1.70. The minimum atomic E-state index is -0.261. The predicted octanol–water partition coefficient (Wildman–Crippen LogP) is 3.13. The number of rotatable bonds is 9. The zero-order chi connectivity index (χ0) is 17.2. The van der Waals surface area contributed by atoms with Gasteiger partial charge in [0, 0.05) is 32.3 Å². The first kappa shape index (κ1) is 17.9. The molecule has 0 unspecified atom stereocenters. The van der Waals surface area contributed by atoms with Gasteiger partial charge in [0.25, 0.3) is 0 Å². The molecule has 0 aliphatic heterocycles. The van der Waals surface area contributed by atoms with Crippen LogP contribution in [0.15, 0.2) is 48.5 Å². The fourth-order valence-electron chi connectivity index (χ4n) is 2.24. The van der Waals surface area contributed by atoms with Crippen LogP contribution in [0.5, 0.6) is 0 Å². The van der Waals surface area contributed by atoms with Gasteiger partial charge in [0.1, 0.15) is 5.82 Å². The van der Waals surface area contributed by atoms with Crippen LogP contribution in [0, 0.1) is 5.82 Å². The summed E-state index contributed by atoms with van der Waals surface area (Å²) in [6.45, 7) is 1.92. The van der Waals surface area contributed by atoms with E-state index in [2.05, 4.69) is 10.6 Å². The molecule has 0 aliphatic carbocycles. The highest BCUT2D eigenvalue weighted by molar-refractivity contribution is 5.76. The highest BCUT2D eigenvalue weighted by Gasteiger charge is 2.03. The van der Waals surface area contributed by atoms with Gasteiger partial charge < -0.3 is 15.4 Å². The largest absolute Gasteiger partial charge is 0.383 e. The lowest BCUT2D eigenvalue weighted by atomic mass is 10.1. The van der Waals surface area contributed by atoms with E-state index < -0.39 is 0 Å². The summed E-state index contributed by atoms with van der Waals surface area (Å²) in [5.41, 5.74) is 3.03. The van der Waals surface area contributed by atoms with Crippen molar-refractivity contribution < 1.29 is 13.9 Å². The standard InChI is InChI=1S/C19H23FN2O2/c1-24-13-12-21-18-9-4-16(5-10-18)14-22-19(23)11-6-15-2-7-17(20)8-3-15/h2-5,7-10,21H,6,11-14H2,1H3,(H,22,23).